The highest BCUT2D eigenvalue weighted by Crippen LogP contribution is 2.27. The lowest BCUT2D eigenvalue weighted by Gasteiger charge is -2.09. The van der Waals surface area contributed by atoms with Gasteiger partial charge in [-0.05, 0) is 49.2 Å². The average molecular weight is 272 g/mol. The first-order chi connectivity index (χ1) is 9.45. The van der Waals surface area contributed by atoms with Gasteiger partial charge in [0.25, 0.3) is 0 Å². The van der Waals surface area contributed by atoms with Crippen molar-refractivity contribution in [3.05, 3.63) is 47.5 Å². The molecule has 5 heteroatoms. The van der Waals surface area contributed by atoms with E-state index in [1.54, 1.807) is 0 Å². The van der Waals surface area contributed by atoms with Crippen molar-refractivity contribution in [1.82, 2.24) is 0 Å². The lowest BCUT2D eigenvalue weighted by atomic mass is 10.1. The van der Waals surface area contributed by atoms with Gasteiger partial charge in [-0.2, -0.15) is 0 Å². The molecule has 2 aromatic carbocycles. The quantitative estimate of drug-likeness (QED) is 0.500. The lowest BCUT2D eigenvalue weighted by Crippen LogP contribution is -2.19. The Bertz CT molecular complexity index is 598. The summed E-state index contributed by atoms with van der Waals surface area (Å²) in [6.07, 6.45) is 0. The number of urea groups is 1. The first kappa shape index (κ1) is 13.7. The molecule has 4 N–H and O–H groups in total. The van der Waals surface area contributed by atoms with Crippen LogP contribution in [0.5, 0.6) is 11.5 Å². The fourth-order valence-corrected chi connectivity index (χ4v) is 1.71. The van der Waals surface area contributed by atoms with Crippen molar-refractivity contribution >= 4 is 17.4 Å². The van der Waals surface area contributed by atoms with Crippen LogP contribution in [0.1, 0.15) is 11.1 Å². The molecule has 0 aliphatic carbocycles. The minimum absolute atomic E-state index is 0.231. The Morgan fingerprint density at radius 2 is 1.45 bits per heavy atom. The van der Waals surface area contributed by atoms with Crippen LogP contribution in [0.25, 0.3) is 0 Å². The van der Waals surface area contributed by atoms with E-state index in [-0.39, 0.29) is 11.5 Å². The maximum Gasteiger partial charge on any atom is 0.323 e. The minimum Gasteiger partial charge on any atom is -0.504 e. The molecule has 20 heavy (non-hydrogen) atoms. The largest absolute Gasteiger partial charge is 0.504 e. The first-order valence-corrected chi connectivity index (χ1v) is 6.13. The second-order valence-corrected chi connectivity index (χ2v) is 4.58. The monoisotopic (exact) mass is 272 g/mol. The number of nitrogens with one attached hydrogen (secondary N) is 2. The van der Waals surface area contributed by atoms with Crippen LogP contribution in [0, 0.1) is 13.8 Å². The summed E-state index contributed by atoms with van der Waals surface area (Å²) in [6.45, 7) is 3.97. The number of benzene rings is 2. The van der Waals surface area contributed by atoms with E-state index in [0.717, 1.165) is 11.1 Å². The number of amides is 2. The van der Waals surface area contributed by atoms with Crippen LogP contribution in [0.3, 0.4) is 0 Å². The van der Waals surface area contributed by atoms with Gasteiger partial charge in [-0.25, -0.2) is 4.79 Å². The smallest absolute Gasteiger partial charge is 0.323 e. The van der Waals surface area contributed by atoms with Crippen molar-refractivity contribution < 1.29 is 15.0 Å². The van der Waals surface area contributed by atoms with Gasteiger partial charge in [-0.3, -0.25) is 0 Å². The summed E-state index contributed by atoms with van der Waals surface area (Å²) in [5.74, 6) is -0.515. The van der Waals surface area contributed by atoms with Gasteiger partial charge in [0.1, 0.15) is 0 Å². The number of aromatic hydroxyl groups is 2. The molecule has 0 heterocycles. The van der Waals surface area contributed by atoms with Crippen molar-refractivity contribution in [2.45, 2.75) is 13.8 Å². The van der Waals surface area contributed by atoms with Gasteiger partial charge in [-0.1, -0.05) is 6.07 Å². The maximum absolute atomic E-state index is 11.8. The third-order valence-electron chi connectivity index (χ3n) is 3.00. The molecule has 0 spiro atoms. The van der Waals surface area contributed by atoms with Gasteiger partial charge in [-0.15, -0.1) is 0 Å². The number of carbonyl (C=O) groups excluding carboxylic acids is 1. The van der Waals surface area contributed by atoms with Gasteiger partial charge in [0, 0.05) is 17.4 Å². The third kappa shape index (κ3) is 3.20. The van der Waals surface area contributed by atoms with Crippen LogP contribution in [-0.2, 0) is 0 Å². The van der Waals surface area contributed by atoms with Crippen molar-refractivity contribution in [2.75, 3.05) is 10.6 Å². The van der Waals surface area contributed by atoms with Crippen LogP contribution in [0.4, 0.5) is 16.2 Å². The number of carbonyl (C=O) groups is 1. The molecular formula is C15H16N2O3. The normalized spacial score (nSPS) is 10.1. The minimum atomic E-state index is -0.418. The summed E-state index contributed by atoms with van der Waals surface area (Å²) in [7, 11) is 0. The molecule has 0 saturated carbocycles. The zero-order chi connectivity index (χ0) is 14.7. The maximum atomic E-state index is 11.8. The Kier molecular flexibility index (Phi) is 3.79. The number of hydrogen-bond acceptors (Lipinski definition) is 3. The van der Waals surface area contributed by atoms with Gasteiger partial charge < -0.3 is 20.8 Å². The highest BCUT2D eigenvalue weighted by Gasteiger charge is 2.06. The Labute approximate surface area is 116 Å². The molecule has 2 aromatic rings. The number of phenolic OH excluding ortho intramolecular Hbond substituents is 2. The summed E-state index contributed by atoms with van der Waals surface area (Å²) in [5, 5.41) is 23.8. The molecule has 2 rings (SSSR count). The molecular weight excluding hydrogens is 256 g/mol. The third-order valence-corrected chi connectivity index (χ3v) is 3.00. The van der Waals surface area contributed by atoms with E-state index >= 15 is 0 Å². The topological polar surface area (TPSA) is 81.6 Å². The molecule has 0 saturated heterocycles. The average Bonchev–Trinajstić information content (AvgIpc) is 2.38. The Morgan fingerprint density at radius 3 is 2.05 bits per heavy atom. The van der Waals surface area contributed by atoms with E-state index in [2.05, 4.69) is 10.6 Å². The number of anilines is 2. The van der Waals surface area contributed by atoms with Gasteiger partial charge in [0.15, 0.2) is 11.5 Å². The van der Waals surface area contributed by atoms with Crippen molar-refractivity contribution in [3.63, 3.8) is 0 Å². The molecule has 0 bridgehead atoms. The molecule has 0 aromatic heterocycles. The molecule has 0 aliphatic heterocycles. The molecule has 0 aliphatic rings. The van der Waals surface area contributed by atoms with Crippen molar-refractivity contribution in [1.29, 1.82) is 0 Å². The second-order valence-electron chi connectivity index (χ2n) is 4.58. The Balaban J connectivity index is 2.04. The van der Waals surface area contributed by atoms with E-state index < -0.39 is 6.03 Å². The Hall–Kier alpha value is -2.69. The number of aryl methyl sites for hydroxylation is 2. The molecule has 2 amide bonds. The highest BCUT2D eigenvalue weighted by molar-refractivity contribution is 6.00. The zero-order valence-electron chi connectivity index (χ0n) is 11.3. The number of rotatable bonds is 2. The number of hydrogen-bond donors (Lipinski definition) is 4. The van der Waals surface area contributed by atoms with Crippen molar-refractivity contribution in [2.24, 2.45) is 0 Å². The van der Waals surface area contributed by atoms with Crippen LogP contribution in [0.15, 0.2) is 36.4 Å². The van der Waals surface area contributed by atoms with Crippen LogP contribution >= 0.6 is 0 Å². The predicted molar refractivity (Wildman–Crippen MR) is 78.3 cm³/mol. The summed E-state index contributed by atoms with van der Waals surface area (Å²) >= 11 is 0. The summed E-state index contributed by atoms with van der Waals surface area (Å²) in [4.78, 5) is 11.8. The number of phenols is 2. The highest BCUT2D eigenvalue weighted by atomic mass is 16.3. The summed E-state index contributed by atoms with van der Waals surface area (Å²) < 4.78 is 0. The molecule has 0 fully saturated rings. The lowest BCUT2D eigenvalue weighted by molar-refractivity contribution is 0.262. The molecule has 0 unspecified atom stereocenters. The molecule has 104 valence electrons. The van der Waals surface area contributed by atoms with E-state index in [9.17, 15) is 15.0 Å². The van der Waals surface area contributed by atoms with Crippen LogP contribution in [0.2, 0.25) is 0 Å². The Morgan fingerprint density at radius 1 is 0.850 bits per heavy atom. The SMILES string of the molecule is Cc1ccc(NC(=O)Nc2ccc(O)c(O)c2)cc1C. The predicted octanol–water partition coefficient (Wildman–Crippen LogP) is 3.36. The summed E-state index contributed by atoms with van der Waals surface area (Å²) in [5.41, 5.74) is 3.32. The van der Waals surface area contributed by atoms with E-state index in [1.807, 2.05) is 32.0 Å². The fraction of sp³-hybridized carbons (Fsp3) is 0.133. The van der Waals surface area contributed by atoms with E-state index in [1.165, 1.54) is 18.2 Å². The molecule has 0 radical (unpaired) electrons. The van der Waals surface area contributed by atoms with E-state index in [4.69, 9.17) is 0 Å². The van der Waals surface area contributed by atoms with Crippen LogP contribution in [-0.4, -0.2) is 16.2 Å². The molecule has 0 atom stereocenters. The van der Waals surface area contributed by atoms with Crippen LogP contribution < -0.4 is 10.6 Å². The van der Waals surface area contributed by atoms with E-state index in [0.29, 0.717) is 11.4 Å². The van der Waals surface area contributed by atoms with Gasteiger partial charge in [0.2, 0.25) is 0 Å². The van der Waals surface area contributed by atoms with Gasteiger partial charge in [0.05, 0.1) is 0 Å². The standard InChI is InChI=1S/C15H16N2O3/c1-9-3-4-11(7-10(9)2)16-15(20)17-12-5-6-13(18)14(19)8-12/h3-8,18-19H,1-2H3,(H2,16,17,20). The van der Waals surface area contributed by atoms with Crippen molar-refractivity contribution in [3.8, 4) is 11.5 Å². The second kappa shape index (κ2) is 5.52. The zero-order valence-corrected chi connectivity index (χ0v) is 11.3. The summed E-state index contributed by atoms with van der Waals surface area (Å²) in [6, 6.07) is 9.28. The van der Waals surface area contributed by atoms with Gasteiger partial charge >= 0.3 is 6.03 Å². The molecule has 5 nitrogen and oxygen atoms in total. The fourth-order valence-electron chi connectivity index (χ4n) is 1.71. The first-order valence-electron chi connectivity index (χ1n) is 6.13.